The zero-order valence-electron chi connectivity index (χ0n) is 10.8. The van der Waals surface area contributed by atoms with Crippen LogP contribution in [0.5, 0.6) is 0 Å². The minimum atomic E-state index is -0.650. The van der Waals surface area contributed by atoms with E-state index in [0.717, 1.165) is 0 Å². The van der Waals surface area contributed by atoms with Crippen LogP contribution in [0.25, 0.3) is 0 Å². The summed E-state index contributed by atoms with van der Waals surface area (Å²) in [5, 5.41) is 0. The lowest BCUT2D eigenvalue weighted by Gasteiger charge is -2.36. The van der Waals surface area contributed by atoms with Crippen molar-refractivity contribution in [1.82, 2.24) is 0 Å². The minimum absolute atomic E-state index is 0.0243. The second-order valence-electron chi connectivity index (χ2n) is 5.93. The first-order chi connectivity index (χ1) is 7.79. The Morgan fingerprint density at radius 3 is 2.29 bits per heavy atom. The molecule has 98 valence electrons. The first-order valence-corrected chi connectivity index (χ1v) is 6.13. The molecule has 0 amide bonds. The van der Waals surface area contributed by atoms with Crippen LogP contribution in [0.3, 0.4) is 0 Å². The van der Waals surface area contributed by atoms with Gasteiger partial charge in [-0.1, -0.05) is 0 Å². The van der Waals surface area contributed by atoms with Gasteiger partial charge in [-0.3, -0.25) is 0 Å². The highest BCUT2D eigenvalue weighted by Crippen LogP contribution is 2.44. The molecular weight excluding hydrogens is 224 g/mol. The summed E-state index contributed by atoms with van der Waals surface area (Å²) in [4.78, 5) is 0. The normalized spacial score (nSPS) is 47.3. The van der Waals surface area contributed by atoms with E-state index >= 15 is 0 Å². The Kier molecular flexibility index (Phi) is 2.39. The lowest BCUT2D eigenvalue weighted by atomic mass is 10.1. The summed E-state index contributed by atoms with van der Waals surface area (Å²) in [6, 6.07) is 0. The summed E-state index contributed by atoms with van der Waals surface area (Å²) in [5.74, 6) is -1.77. The van der Waals surface area contributed by atoms with E-state index in [9.17, 15) is 0 Å². The lowest BCUT2D eigenvalue weighted by molar-refractivity contribution is -0.303. The zero-order valence-corrected chi connectivity index (χ0v) is 10.8. The number of hydrogen-bond donors (Lipinski definition) is 0. The standard InChI is InChI=1S/C12H20O5/c1-10(2)13-6-9-8(15-10)5-12(16-9)7-14-11(3,4)17-12/h8-9H,5-7H2,1-4H3/t8-,9-,12+/m0/s1. The summed E-state index contributed by atoms with van der Waals surface area (Å²) >= 11 is 0. The van der Waals surface area contributed by atoms with Gasteiger partial charge in [0.15, 0.2) is 17.4 Å². The summed E-state index contributed by atoms with van der Waals surface area (Å²) in [6.07, 6.45) is 0.672. The van der Waals surface area contributed by atoms with Gasteiger partial charge in [-0.25, -0.2) is 0 Å². The Labute approximate surface area is 101 Å². The lowest BCUT2D eigenvalue weighted by Crippen LogP contribution is -2.46. The molecule has 0 unspecified atom stereocenters. The highest BCUT2D eigenvalue weighted by atomic mass is 16.9. The highest BCUT2D eigenvalue weighted by Gasteiger charge is 2.57. The minimum Gasteiger partial charge on any atom is -0.348 e. The van der Waals surface area contributed by atoms with E-state index < -0.39 is 17.4 Å². The molecule has 0 aromatic heterocycles. The van der Waals surface area contributed by atoms with E-state index in [2.05, 4.69) is 0 Å². The van der Waals surface area contributed by atoms with Crippen molar-refractivity contribution < 1.29 is 23.7 Å². The van der Waals surface area contributed by atoms with Gasteiger partial charge in [0.2, 0.25) is 0 Å². The van der Waals surface area contributed by atoms with Crippen LogP contribution in [0.1, 0.15) is 34.1 Å². The molecule has 3 heterocycles. The summed E-state index contributed by atoms with van der Waals surface area (Å²) in [7, 11) is 0. The molecular formula is C12H20O5. The number of hydrogen-bond acceptors (Lipinski definition) is 5. The largest absolute Gasteiger partial charge is 0.348 e. The van der Waals surface area contributed by atoms with Gasteiger partial charge in [-0.2, -0.15) is 0 Å². The van der Waals surface area contributed by atoms with E-state index in [4.69, 9.17) is 23.7 Å². The smallest absolute Gasteiger partial charge is 0.198 e. The molecule has 5 heteroatoms. The molecule has 17 heavy (non-hydrogen) atoms. The molecule has 0 aliphatic carbocycles. The van der Waals surface area contributed by atoms with Crippen LogP contribution in [-0.2, 0) is 23.7 Å². The topological polar surface area (TPSA) is 46.2 Å². The van der Waals surface area contributed by atoms with Crippen molar-refractivity contribution in [1.29, 1.82) is 0 Å². The van der Waals surface area contributed by atoms with E-state index in [1.54, 1.807) is 0 Å². The Morgan fingerprint density at radius 2 is 1.65 bits per heavy atom. The maximum atomic E-state index is 5.95. The van der Waals surface area contributed by atoms with Crippen LogP contribution in [-0.4, -0.2) is 42.8 Å². The van der Waals surface area contributed by atoms with E-state index in [1.807, 2.05) is 27.7 Å². The third kappa shape index (κ3) is 2.11. The molecule has 0 radical (unpaired) electrons. The fourth-order valence-electron chi connectivity index (χ4n) is 2.73. The fourth-order valence-corrected chi connectivity index (χ4v) is 2.73. The Hall–Kier alpha value is -0.200. The molecule has 0 bridgehead atoms. The van der Waals surface area contributed by atoms with Crippen LogP contribution in [0.15, 0.2) is 0 Å². The van der Waals surface area contributed by atoms with Crippen molar-refractivity contribution in [3.05, 3.63) is 0 Å². The van der Waals surface area contributed by atoms with Crippen LogP contribution in [0.4, 0.5) is 0 Å². The van der Waals surface area contributed by atoms with Gasteiger partial charge in [-0.05, 0) is 27.7 Å². The molecule has 0 aromatic carbocycles. The van der Waals surface area contributed by atoms with Crippen molar-refractivity contribution in [2.75, 3.05) is 13.2 Å². The fraction of sp³-hybridized carbons (Fsp3) is 1.00. The van der Waals surface area contributed by atoms with Crippen molar-refractivity contribution in [2.45, 2.75) is 63.7 Å². The zero-order chi connectivity index (χ0) is 12.3. The molecule has 0 aromatic rings. The van der Waals surface area contributed by atoms with Crippen LogP contribution < -0.4 is 0 Å². The predicted octanol–water partition coefficient (Wildman–Crippen LogP) is 1.41. The van der Waals surface area contributed by atoms with Crippen molar-refractivity contribution in [3.63, 3.8) is 0 Å². The van der Waals surface area contributed by atoms with Crippen LogP contribution >= 0.6 is 0 Å². The second-order valence-corrected chi connectivity index (χ2v) is 5.93. The highest BCUT2D eigenvalue weighted by molar-refractivity contribution is 4.95. The van der Waals surface area contributed by atoms with Gasteiger partial charge in [0.1, 0.15) is 12.7 Å². The summed E-state index contributed by atoms with van der Waals surface area (Å²) in [5.41, 5.74) is 0. The molecule has 3 aliphatic rings. The maximum absolute atomic E-state index is 5.95. The maximum Gasteiger partial charge on any atom is 0.198 e. The number of fused-ring (bicyclic) bond motifs is 1. The third-order valence-electron chi connectivity index (χ3n) is 3.39. The van der Waals surface area contributed by atoms with Gasteiger partial charge in [0.05, 0.1) is 12.7 Å². The predicted molar refractivity (Wildman–Crippen MR) is 58.2 cm³/mol. The van der Waals surface area contributed by atoms with Gasteiger partial charge >= 0.3 is 0 Å². The first kappa shape index (κ1) is 11.9. The SMILES string of the molecule is CC1(C)OC[C@@H]2O[C@]3(COC(C)(C)O3)C[C@@H]2O1. The van der Waals surface area contributed by atoms with Gasteiger partial charge in [0.25, 0.3) is 0 Å². The van der Waals surface area contributed by atoms with E-state index in [0.29, 0.717) is 19.6 Å². The number of rotatable bonds is 0. The summed E-state index contributed by atoms with van der Waals surface area (Å²) in [6.45, 7) is 8.64. The molecule has 3 fully saturated rings. The monoisotopic (exact) mass is 244 g/mol. The molecule has 3 saturated heterocycles. The second kappa shape index (κ2) is 3.42. The Balaban J connectivity index is 1.73. The first-order valence-electron chi connectivity index (χ1n) is 6.13. The van der Waals surface area contributed by atoms with E-state index in [1.165, 1.54) is 0 Å². The Morgan fingerprint density at radius 1 is 0.882 bits per heavy atom. The van der Waals surface area contributed by atoms with Crippen molar-refractivity contribution >= 4 is 0 Å². The molecule has 0 N–H and O–H groups in total. The van der Waals surface area contributed by atoms with Crippen molar-refractivity contribution in [2.24, 2.45) is 0 Å². The van der Waals surface area contributed by atoms with Crippen LogP contribution in [0.2, 0.25) is 0 Å². The van der Waals surface area contributed by atoms with E-state index in [-0.39, 0.29) is 12.2 Å². The molecule has 3 atom stereocenters. The van der Waals surface area contributed by atoms with Crippen LogP contribution in [0, 0.1) is 0 Å². The van der Waals surface area contributed by atoms with Gasteiger partial charge < -0.3 is 23.7 Å². The Bertz CT molecular complexity index is 321. The van der Waals surface area contributed by atoms with Gasteiger partial charge in [-0.15, -0.1) is 0 Å². The molecule has 3 aliphatic heterocycles. The molecule has 0 saturated carbocycles. The average Bonchev–Trinajstić information content (AvgIpc) is 2.64. The third-order valence-corrected chi connectivity index (χ3v) is 3.39. The molecule has 1 spiro atoms. The van der Waals surface area contributed by atoms with Gasteiger partial charge in [0, 0.05) is 6.42 Å². The summed E-state index contributed by atoms with van der Waals surface area (Å²) < 4.78 is 28.9. The molecule has 3 rings (SSSR count). The number of ether oxygens (including phenoxy) is 5. The van der Waals surface area contributed by atoms with Crippen molar-refractivity contribution in [3.8, 4) is 0 Å². The average molecular weight is 244 g/mol. The quantitative estimate of drug-likeness (QED) is 0.644. The molecule has 5 nitrogen and oxygen atoms in total.